The number of hydrogen-bond acceptors (Lipinski definition) is 3. The van der Waals surface area contributed by atoms with Crippen LogP contribution in [0.15, 0.2) is 6.07 Å². The van der Waals surface area contributed by atoms with E-state index in [1.165, 1.54) is 6.42 Å². The van der Waals surface area contributed by atoms with Gasteiger partial charge in [0.25, 0.3) is 5.91 Å². The average molecular weight is 309 g/mol. The second kappa shape index (κ2) is 7.34. The molecule has 0 unspecified atom stereocenters. The quantitative estimate of drug-likeness (QED) is 0.838. The van der Waals surface area contributed by atoms with Crippen molar-refractivity contribution < 1.29 is 4.79 Å². The largest absolute Gasteiger partial charge is 0.337 e. The van der Waals surface area contributed by atoms with E-state index in [1.54, 1.807) is 0 Å². The topological polar surface area (TPSA) is 38.1 Å². The van der Waals surface area contributed by atoms with Crippen LogP contribution in [-0.2, 0) is 6.54 Å². The lowest BCUT2D eigenvalue weighted by atomic mass is 9.99. The van der Waals surface area contributed by atoms with Crippen molar-refractivity contribution in [2.24, 2.45) is 5.92 Å². The van der Waals surface area contributed by atoms with E-state index in [4.69, 9.17) is 0 Å². The summed E-state index contributed by atoms with van der Waals surface area (Å²) in [5, 5.41) is 4.56. The van der Waals surface area contributed by atoms with Gasteiger partial charge in [-0.15, -0.1) is 0 Å². The Kier molecular flexibility index (Phi) is 5.73. The van der Waals surface area contributed by atoms with Crippen molar-refractivity contribution in [1.29, 1.82) is 0 Å². The molecule has 1 saturated heterocycles. The molecule has 0 N–H and O–H groups in total. The Hall–Kier alpha value is -0.970. The molecular weight excluding hydrogens is 282 g/mol. The highest BCUT2D eigenvalue weighted by Gasteiger charge is 2.26. The summed E-state index contributed by atoms with van der Waals surface area (Å²) in [6.45, 7) is 8.80. The number of nitrogens with zero attached hydrogens (tertiary/aromatic N) is 3. The zero-order valence-corrected chi connectivity index (χ0v) is 14.4. The number of rotatable bonds is 5. The molecule has 118 valence electrons. The summed E-state index contributed by atoms with van der Waals surface area (Å²) in [4.78, 5) is 14.8. The lowest BCUT2D eigenvalue weighted by Gasteiger charge is -2.32. The fraction of sp³-hybridized carbons (Fsp3) is 0.750. The first-order valence-electron chi connectivity index (χ1n) is 7.92. The maximum Gasteiger partial charge on any atom is 0.272 e. The smallest absolute Gasteiger partial charge is 0.272 e. The Morgan fingerprint density at radius 2 is 2.29 bits per heavy atom. The summed E-state index contributed by atoms with van der Waals surface area (Å²) in [6.07, 6.45) is 4.50. The molecule has 1 aliphatic heterocycles. The summed E-state index contributed by atoms with van der Waals surface area (Å²) in [7, 11) is 0. The van der Waals surface area contributed by atoms with E-state index in [0.717, 1.165) is 43.2 Å². The maximum atomic E-state index is 12.8. The van der Waals surface area contributed by atoms with Gasteiger partial charge in [0.2, 0.25) is 0 Å². The van der Waals surface area contributed by atoms with Crippen LogP contribution in [0.1, 0.15) is 55.7 Å². The molecule has 1 aliphatic rings. The van der Waals surface area contributed by atoms with Gasteiger partial charge in [-0.1, -0.05) is 13.8 Å². The predicted octanol–water partition coefficient (Wildman–Crippen LogP) is 3.24. The minimum Gasteiger partial charge on any atom is -0.337 e. The van der Waals surface area contributed by atoms with Gasteiger partial charge in [-0.2, -0.15) is 16.9 Å². The van der Waals surface area contributed by atoms with Crippen molar-refractivity contribution >= 4 is 17.7 Å². The Bertz CT molecular complexity index is 482. The van der Waals surface area contributed by atoms with Gasteiger partial charge in [-0.05, 0) is 49.7 Å². The third-order valence-corrected chi connectivity index (χ3v) is 4.92. The molecule has 1 atom stereocenters. The second-order valence-corrected chi connectivity index (χ2v) is 7.05. The van der Waals surface area contributed by atoms with E-state index in [9.17, 15) is 4.79 Å². The third kappa shape index (κ3) is 3.82. The van der Waals surface area contributed by atoms with Crippen LogP contribution >= 0.6 is 11.8 Å². The van der Waals surface area contributed by atoms with Gasteiger partial charge < -0.3 is 4.90 Å². The molecule has 1 aromatic heterocycles. The number of aryl methyl sites for hydroxylation is 1. The Morgan fingerprint density at radius 3 is 2.90 bits per heavy atom. The van der Waals surface area contributed by atoms with Crippen molar-refractivity contribution in [2.45, 2.75) is 46.1 Å². The predicted molar refractivity (Wildman–Crippen MR) is 89.0 cm³/mol. The third-order valence-electron chi connectivity index (χ3n) is 4.12. The van der Waals surface area contributed by atoms with Crippen LogP contribution in [0, 0.1) is 5.92 Å². The molecule has 21 heavy (non-hydrogen) atoms. The molecule has 5 heteroatoms. The lowest BCUT2D eigenvalue weighted by Crippen LogP contribution is -2.41. The van der Waals surface area contributed by atoms with Gasteiger partial charge >= 0.3 is 0 Å². The summed E-state index contributed by atoms with van der Waals surface area (Å²) >= 11 is 1.88. The van der Waals surface area contributed by atoms with Gasteiger partial charge in [-0.25, -0.2) is 0 Å². The monoisotopic (exact) mass is 309 g/mol. The number of amides is 1. The van der Waals surface area contributed by atoms with Crippen LogP contribution in [0.25, 0.3) is 0 Å². The van der Waals surface area contributed by atoms with Crippen molar-refractivity contribution in [1.82, 2.24) is 14.7 Å². The lowest BCUT2D eigenvalue weighted by molar-refractivity contribution is 0.0673. The highest BCUT2D eigenvalue weighted by Crippen LogP contribution is 2.22. The highest BCUT2D eigenvalue weighted by molar-refractivity contribution is 7.98. The molecule has 0 spiro atoms. The van der Waals surface area contributed by atoms with Gasteiger partial charge in [0.15, 0.2) is 0 Å². The summed E-state index contributed by atoms with van der Waals surface area (Å²) in [6, 6.07) is 1.98. The van der Waals surface area contributed by atoms with Crippen LogP contribution in [0.5, 0.6) is 0 Å². The molecule has 0 bridgehead atoms. The van der Waals surface area contributed by atoms with E-state index in [1.807, 2.05) is 34.3 Å². The molecule has 0 aliphatic carbocycles. The number of aromatic nitrogens is 2. The SMILES string of the molecule is CCn1nc(C(C)C)cc1C(=O)N1CCC[C@H](CSC)C1. The van der Waals surface area contributed by atoms with Crippen LogP contribution in [0.2, 0.25) is 0 Å². The van der Waals surface area contributed by atoms with Crippen LogP contribution in [0.3, 0.4) is 0 Å². The molecular formula is C16H27N3OS. The molecule has 0 radical (unpaired) electrons. The van der Waals surface area contributed by atoms with E-state index >= 15 is 0 Å². The van der Waals surface area contributed by atoms with E-state index < -0.39 is 0 Å². The molecule has 1 fully saturated rings. The first kappa shape index (κ1) is 16.4. The van der Waals surface area contributed by atoms with Crippen molar-refractivity contribution in [3.8, 4) is 0 Å². The maximum absolute atomic E-state index is 12.8. The van der Waals surface area contributed by atoms with E-state index in [2.05, 4.69) is 25.2 Å². The van der Waals surface area contributed by atoms with Gasteiger partial charge in [0.1, 0.15) is 5.69 Å². The zero-order valence-electron chi connectivity index (χ0n) is 13.6. The number of carbonyl (C=O) groups excluding carboxylic acids is 1. The van der Waals surface area contributed by atoms with Gasteiger partial charge in [-0.3, -0.25) is 9.48 Å². The summed E-state index contributed by atoms with van der Waals surface area (Å²) in [5.41, 5.74) is 1.77. The van der Waals surface area contributed by atoms with E-state index in [-0.39, 0.29) is 5.91 Å². The molecule has 4 nitrogen and oxygen atoms in total. The van der Waals surface area contributed by atoms with Crippen molar-refractivity contribution in [3.05, 3.63) is 17.5 Å². The normalized spacial score (nSPS) is 19.3. The van der Waals surface area contributed by atoms with Gasteiger partial charge in [0.05, 0.1) is 5.69 Å². The number of hydrogen-bond donors (Lipinski definition) is 0. The summed E-state index contributed by atoms with van der Waals surface area (Å²) < 4.78 is 1.86. The minimum absolute atomic E-state index is 0.155. The van der Waals surface area contributed by atoms with Crippen LogP contribution in [-0.4, -0.2) is 45.7 Å². The minimum atomic E-state index is 0.155. The standard InChI is InChI=1S/C16H27N3OS/c1-5-19-15(9-14(17-19)12(2)3)16(20)18-8-6-7-13(10-18)11-21-4/h9,12-13H,5-8,10-11H2,1-4H3/t13-/m0/s1. The number of piperidine rings is 1. The fourth-order valence-corrected chi connectivity index (χ4v) is 3.66. The molecule has 2 rings (SSSR count). The van der Waals surface area contributed by atoms with Gasteiger partial charge in [0, 0.05) is 19.6 Å². The number of likely N-dealkylation sites (tertiary alicyclic amines) is 1. The molecule has 2 heterocycles. The fourth-order valence-electron chi connectivity index (χ4n) is 2.92. The second-order valence-electron chi connectivity index (χ2n) is 6.14. The Morgan fingerprint density at radius 1 is 1.52 bits per heavy atom. The first-order valence-corrected chi connectivity index (χ1v) is 9.32. The highest BCUT2D eigenvalue weighted by atomic mass is 32.2. The molecule has 1 amide bonds. The number of carbonyl (C=O) groups is 1. The average Bonchev–Trinajstić information content (AvgIpc) is 2.91. The van der Waals surface area contributed by atoms with Crippen molar-refractivity contribution in [2.75, 3.05) is 25.1 Å². The molecule has 1 aromatic rings. The van der Waals surface area contributed by atoms with Crippen LogP contribution < -0.4 is 0 Å². The summed E-state index contributed by atoms with van der Waals surface area (Å²) in [5.74, 6) is 2.30. The Balaban J connectivity index is 2.15. The van der Waals surface area contributed by atoms with Crippen LogP contribution in [0.4, 0.5) is 0 Å². The Labute approximate surface area is 132 Å². The van der Waals surface area contributed by atoms with E-state index in [0.29, 0.717) is 11.8 Å². The molecule has 0 saturated carbocycles. The zero-order chi connectivity index (χ0) is 15.4. The molecule has 0 aromatic carbocycles. The van der Waals surface area contributed by atoms with Crippen molar-refractivity contribution in [3.63, 3.8) is 0 Å². The first-order chi connectivity index (χ1) is 10.1. The number of thioether (sulfide) groups is 1.